The van der Waals surface area contributed by atoms with Gasteiger partial charge in [0.2, 0.25) is 10.0 Å². The molecule has 2 atom stereocenters. The molecule has 1 saturated heterocycles. The van der Waals surface area contributed by atoms with Gasteiger partial charge in [-0.3, -0.25) is 0 Å². The van der Waals surface area contributed by atoms with Gasteiger partial charge in [0.25, 0.3) is 0 Å². The van der Waals surface area contributed by atoms with Gasteiger partial charge in [0.15, 0.2) is 11.5 Å². The highest BCUT2D eigenvalue weighted by molar-refractivity contribution is 7.89. The topological polar surface area (TPSA) is 81.9 Å². The summed E-state index contributed by atoms with van der Waals surface area (Å²) in [5, 5.41) is 0. The molecular weight excluding hydrogens is 364 g/mol. The lowest BCUT2D eigenvalue weighted by molar-refractivity contribution is 0.297. The van der Waals surface area contributed by atoms with Crippen LogP contribution in [0.4, 0.5) is 0 Å². The van der Waals surface area contributed by atoms with Crippen molar-refractivity contribution in [3.8, 4) is 11.5 Å². The van der Waals surface area contributed by atoms with E-state index in [9.17, 15) is 8.42 Å². The second kappa shape index (κ2) is 7.50. The van der Waals surface area contributed by atoms with Gasteiger partial charge in [-0.25, -0.2) is 8.42 Å². The molecule has 27 heavy (non-hydrogen) atoms. The molecule has 0 aliphatic carbocycles. The molecule has 2 N–H and O–H groups in total. The summed E-state index contributed by atoms with van der Waals surface area (Å²) in [5.74, 6) is 1.28. The number of ether oxygens (including phenoxy) is 2. The number of hydrogen-bond donors (Lipinski definition) is 1. The third kappa shape index (κ3) is 3.54. The van der Waals surface area contributed by atoms with E-state index in [1.165, 1.54) is 0 Å². The summed E-state index contributed by atoms with van der Waals surface area (Å²) in [4.78, 5) is 0.233. The van der Waals surface area contributed by atoms with Gasteiger partial charge in [-0.2, -0.15) is 4.31 Å². The van der Waals surface area contributed by atoms with Crippen LogP contribution < -0.4 is 15.2 Å². The molecule has 2 aliphatic rings. The Morgan fingerprint density at radius 2 is 1.74 bits per heavy atom. The van der Waals surface area contributed by atoms with Crippen molar-refractivity contribution in [1.29, 1.82) is 0 Å². The van der Waals surface area contributed by atoms with Crippen LogP contribution in [0.25, 0.3) is 0 Å². The predicted molar refractivity (Wildman–Crippen MR) is 103 cm³/mol. The summed E-state index contributed by atoms with van der Waals surface area (Å²) in [6, 6.07) is 14.8. The molecule has 7 heteroatoms. The van der Waals surface area contributed by atoms with E-state index in [2.05, 4.69) is 0 Å². The molecule has 2 aliphatic heterocycles. The van der Waals surface area contributed by atoms with Crippen LogP contribution in [0.3, 0.4) is 0 Å². The predicted octanol–water partition coefficient (Wildman–Crippen LogP) is 2.21. The van der Waals surface area contributed by atoms with Gasteiger partial charge in [0, 0.05) is 31.5 Å². The zero-order valence-electron chi connectivity index (χ0n) is 15.1. The number of nitrogens with zero attached hydrogens (tertiary/aromatic N) is 1. The van der Waals surface area contributed by atoms with Crippen LogP contribution in [-0.2, 0) is 10.0 Å². The van der Waals surface area contributed by atoms with Gasteiger partial charge in [0.05, 0.1) is 18.1 Å². The van der Waals surface area contributed by atoms with E-state index in [0.29, 0.717) is 44.3 Å². The van der Waals surface area contributed by atoms with Gasteiger partial charge in [-0.1, -0.05) is 30.3 Å². The highest BCUT2D eigenvalue weighted by Crippen LogP contribution is 2.37. The molecule has 0 aromatic heterocycles. The van der Waals surface area contributed by atoms with Crippen molar-refractivity contribution in [3.63, 3.8) is 0 Å². The van der Waals surface area contributed by atoms with Crippen LogP contribution in [0.5, 0.6) is 11.5 Å². The zero-order valence-corrected chi connectivity index (χ0v) is 15.9. The quantitative estimate of drug-likeness (QED) is 0.868. The summed E-state index contributed by atoms with van der Waals surface area (Å²) in [5.41, 5.74) is 7.09. The number of nitrogens with two attached hydrogens (primary N) is 1. The Morgan fingerprint density at radius 1 is 1.00 bits per heavy atom. The fraction of sp³-hybridized carbons (Fsp3) is 0.400. The molecule has 0 amide bonds. The molecular formula is C20H24N2O4S. The maximum atomic E-state index is 13.2. The van der Waals surface area contributed by atoms with Crippen molar-refractivity contribution in [2.75, 3.05) is 32.8 Å². The Morgan fingerprint density at radius 3 is 2.48 bits per heavy atom. The minimum absolute atomic E-state index is 0.0996. The Bertz CT molecular complexity index is 901. The molecule has 0 unspecified atom stereocenters. The fourth-order valence-corrected chi connectivity index (χ4v) is 5.34. The molecule has 0 bridgehead atoms. The summed E-state index contributed by atoms with van der Waals surface area (Å²) in [7, 11) is -3.63. The highest BCUT2D eigenvalue weighted by atomic mass is 32.2. The van der Waals surface area contributed by atoms with E-state index in [0.717, 1.165) is 12.0 Å². The second-order valence-corrected chi connectivity index (χ2v) is 8.93. The average molecular weight is 388 g/mol. The van der Waals surface area contributed by atoms with Gasteiger partial charge in [0.1, 0.15) is 0 Å². The first kappa shape index (κ1) is 18.3. The SMILES string of the molecule is NC[C@@H]1CN(S(=O)(=O)c2ccc3c(c2)OCCCO3)C[C@H]1c1ccccc1. The zero-order chi connectivity index (χ0) is 18.9. The van der Waals surface area contributed by atoms with Crippen LogP contribution in [0, 0.1) is 5.92 Å². The van der Waals surface area contributed by atoms with Gasteiger partial charge >= 0.3 is 0 Å². The van der Waals surface area contributed by atoms with Crippen molar-refractivity contribution in [2.45, 2.75) is 17.2 Å². The fourth-order valence-electron chi connectivity index (χ4n) is 3.80. The first-order chi connectivity index (χ1) is 13.1. The van der Waals surface area contributed by atoms with Crippen LogP contribution in [0.2, 0.25) is 0 Å². The molecule has 0 radical (unpaired) electrons. The molecule has 0 saturated carbocycles. The Labute approximate surface area is 159 Å². The van der Waals surface area contributed by atoms with Crippen molar-refractivity contribution >= 4 is 10.0 Å². The second-order valence-electron chi connectivity index (χ2n) is 6.99. The minimum Gasteiger partial charge on any atom is -0.490 e. The summed E-state index contributed by atoms with van der Waals surface area (Å²) < 4.78 is 39.3. The number of sulfonamides is 1. The molecule has 144 valence electrons. The van der Waals surface area contributed by atoms with E-state index in [4.69, 9.17) is 15.2 Å². The standard InChI is InChI=1S/C20H24N2O4S/c21-12-16-13-22(14-18(16)15-5-2-1-3-6-15)27(23,24)17-7-8-19-20(11-17)26-10-4-9-25-19/h1-3,5-8,11,16,18H,4,9-10,12-14,21H2/t16-,18+/m1/s1. The molecule has 4 rings (SSSR count). The summed E-state index contributed by atoms with van der Waals surface area (Å²) >= 11 is 0. The van der Waals surface area contributed by atoms with Crippen LogP contribution in [0.1, 0.15) is 17.9 Å². The molecule has 2 aromatic rings. The average Bonchev–Trinajstić information content (AvgIpc) is 3.01. The van der Waals surface area contributed by atoms with E-state index < -0.39 is 10.0 Å². The number of rotatable bonds is 4. The van der Waals surface area contributed by atoms with Gasteiger partial charge in [-0.15, -0.1) is 0 Å². The molecule has 2 aromatic carbocycles. The van der Waals surface area contributed by atoms with Gasteiger partial charge in [-0.05, 0) is 30.2 Å². The van der Waals surface area contributed by atoms with Gasteiger partial charge < -0.3 is 15.2 Å². The normalized spacial score (nSPS) is 23.1. The highest BCUT2D eigenvalue weighted by Gasteiger charge is 2.39. The van der Waals surface area contributed by atoms with Crippen molar-refractivity contribution in [2.24, 2.45) is 11.7 Å². The first-order valence-corrected chi connectivity index (χ1v) is 10.7. The smallest absolute Gasteiger partial charge is 0.243 e. The number of benzene rings is 2. The summed E-state index contributed by atoms with van der Waals surface area (Å²) in [6.07, 6.45) is 0.778. The van der Waals surface area contributed by atoms with Crippen LogP contribution in [0.15, 0.2) is 53.4 Å². The Balaban J connectivity index is 1.62. The largest absolute Gasteiger partial charge is 0.490 e. The lowest BCUT2D eigenvalue weighted by Crippen LogP contribution is -2.30. The van der Waals surface area contributed by atoms with Crippen molar-refractivity contribution in [1.82, 2.24) is 4.31 Å². The van der Waals surface area contributed by atoms with E-state index >= 15 is 0 Å². The molecule has 1 fully saturated rings. The van der Waals surface area contributed by atoms with Crippen LogP contribution >= 0.6 is 0 Å². The molecule has 2 heterocycles. The van der Waals surface area contributed by atoms with E-state index in [1.807, 2.05) is 30.3 Å². The lowest BCUT2D eigenvalue weighted by atomic mass is 9.89. The lowest BCUT2D eigenvalue weighted by Gasteiger charge is -2.18. The minimum atomic E-state index is -3.63. The maximum absolute atomic E-state index is 13.2. The van der Waals surface area contributed by atoms with Crippen molar-refractivity contribution in [3.05, 3.63) is 54.1 Å². The third-order valence-electron chi connectivity index (χ3n) is 5.29. The third-order valence-corrected chi connectivity index (χ3v) is 7.12. The first-order valence-electron chi connectivity index (χ1n) is 9.24. The van der Waals surface area contributed by atoms with E-state index in [-0.39, 0.29) is 16.7 Å². The summed E-state index contributed by atoms with van der Waals surface area (Å²) in [6.45, 7) is 2.40. The molecule has 6 nitrogen and oxygen atoms in total. The van der Waals surface area contributed by atoms with Crippen LogP contribution in [-0.4, -0.2) is 45.6 Å². The van der Waals surface area contributed by atoms with Crippen molar-refractivity contribution < 1.29 is 17.9 Å². The monoisotopic (exact) mass is 388 g/mol. The molecule has 0 spiro atoms. The Kier molecular flexibility index (Phi) is 5.08. The maximum Gasteiger partial charge on any atom is 0.243 e. The Hall–Kier alpha value is -2.09. The number of hydrogen-bond acceptors (Lipinski definition) is 5. The van der Waals surface area contributed by atoms with E-state index in [1.54, 1.807) is 22.5 Å². The number of fused-ring (bicyclic) bond motifs is 1.